The number of hydrogen-bond donors (Lipinski definition) is 1. The van der Waals surface area contributed by atoms with Gasteiger partial charge in [0.05, 0.1) is 18.1 Å². The first-order valence-corrected chi connectivity index (χ1v) is 7.93. The van der Waals surface area contributed by atoms with E-state index in [1.165, 1.54) is 31.2 Å². The van der Waals surface area contributed by atoms with Gasteiger partial charge in [0.2, 0.25) is 0 Å². The van der Waals surface area contributed by atoms with E-state index >= 15 is 0 Å². The van der Waals surface area contributed by atoms with Crippen molar-refractivity contribution >= 4 is 23.3 Å². The van der Waals surface area contributed by atoms with Crippen molar-refractivity contribution < 1.29 is 4.74 Å². The maximum Gasteiger partial charge on any atom is 0.178 e. The third-order valence-corrected chi connectivity index (χ3v) is 5.15. The highest BCUT2D eigenvalue weighted by Crippen LogP contribution is 2.50. The van der Waals surface area contributed by atoms with E-state index in [1.54, 1.807) is 7.11 Å². The van der Waals surface area contributed by atoms with E-state index in [9.17, 15) is 0 Å². The Bertz CT molecular complexity index is 682. The molecular weight excluding hydrogens is 268 g/mol. The topological polar surface area (TPSA) is 29.9 Å². The second-order valence-corrected chi connectivity index (χ2v) is 6.65. The van der Waals surface area contributed by atoms with Crippen LogP contribution in [-0.4, -0.2) is 16.7 Å². The van der Waals surface area contributed by atoms with Crippen molar-refractivity contribution in [1.82, 2.24) is 9.55 Å². The van der Waals surface area contributed by atoms with E-state index in [0.29, 0.717) is 0 Å². The lowest BCUT2D eigenvalue weighted by Crippen LogP contribution is -2.15. The van der Waals surface area contributed by atoms with E-state index in [-0.39, 0.29) is 0 Å². The van der Waals surface area contributed by atoms with Crippen LogP contribution in [0.25, 0.3) is 11.0 Å². The lowest BCUT2D eigenvalue weighted by atomic mass is 9.98. The number of aromatic amines is 1. The number of fused-ring (bicyclic) bond motifs is 1. The molecule has 1 aromatic heterocycles. The molecule has 0 amide bonds. The second-order valence-electron chi connectivity index (χ2n) is 6.26. The third kappa shape index (κ3) is 2.16. The van der Waals surface area contributed by atoms with Gasteiger partial charge in [-0.3, -0.25) is 0 Å². The average Bonchev–Trinajstić information content (AvgIpc) is 3.34. The smallest absolute Gasteiger partial charge is 0.178 e. The molecule has 1 N–H and O–H groups in total. The van der Waals surface area contributed by atoms with Crippen LogP contribution in [0.4, 0.5) is 0 Å². The lowest BCUT2D eigenvalue weighted by molar-refractivity contribution is 0.351. The van der Waals surface area contributed by atoms with Crippen molar-refractivity contribution in [3.8, 4) is 5.75 Å². The number of imidazole rings is 1. The number of methoxy groups -OCH3 is 1. The van der Waals surface area contributed by atoms with Gasteiger partial charge in [-0.1, -0.05) is 0 Å². The highest BCUT2D eigenvalue weighted by molar-refractivity contribution is 7.71. The highest BCUT2D eigenvalue weighted by atomic mass is 32.1. The van der Waals surface area contributed by atoms with Gasteiger partial charge in [-0.15, -0.1) is 0 Å². The molecular formula is C16H20N2OS. The number of benzene rings is 1. The average molecular weight is 288 g/mol. The number of hydrogen-bond acceptors (Lipinski definition) is 2. The van der Waals surface area contributed by atoms with Gasteiger partial charge in [0, 0.05) is 12.6 Å². The molecule has 1 aromatic carbocycles. The Morgan fingerprint density at radius 1 is 1.30 bits per heavy atom. The normalized spacial score (nSPS) is 18.9. The summed E-state index contributed by atoms with van der Waals surface area (Å²) >= 11 is 5.53. The Hall–Kier alpha value is -1.29. The number of aromatic nitrogens is 2. The predicted molar refractivity (Wildman–Crippen MR) is 82.6 cm³/mol. The zero-order valence-electron chi connectivity index (χ0n) is 11.8. The molecule has 4 rings (SSSR count). The molecule has 0 radical (unpaired) electrons. The monoisotopic (exact) mass is 288 g/mol. The van der Waals surface area contributed by atoms with Crippen LogP contribution in [0, 0.1) is 22.5 Å². The van der Waals surface area contributed by atoms with Crippen LogP contribution < -0.4 is 4.74 Å². The molecule has 2 aliphatic rings. The summed E-state index contributed by atoms with van der Waals surface area (Å²) < 4.78 is 8.43. The fourth-order valence-corrected chi connectivity index (χ4v) is 3.68. The Kier molecular flexibility index (Phi) is 2.88. The summed E-state index contributed by atoms with van der Waals surface area (Å²) in [5, 5.41) is 0. The summed E-state index contributed by atoms with van der Waals surface area (Å²) in [5.74, 6) is 3.62. The summed E-state index contributed by atoms with van der Waals surface area (Å²) in [6.07, 6.45) is 5.69. The molecule has 106 valence electrons. The molecule has 0 bridgehead atoms. The minimum atomic E-state index is 0.836. The van der Waals surface area contributed by atoms with Gasteiger partial charge in [0.15, 0.2) is 4.77 Å². The zero-order valence-corrected chi connectivity index (χ0v) is 12.6. The van der Waals surface area contributed by atoms with Crippen LogP contribution in [-0.2, 0) is 6.54 Å². The van der Waals surface area contributed by atoms with Crippen molar-refractivity contribution in [2.24, 2.45) is 17.8 Å². The molecule has 0 spiro atoms. The van der Waals surface area contributed by atoms with Gasteiger partial charge in [0.25, 0.3) is 0 Å². The molecule has 0 atom stereocenters. The SMILES string of the molecule is COc1ccc2c(c1)[nH]c(=S)n2CC(C1CC1)C1CC1. The molecule has 2 aromatic rings. The maximum absolute atomic E-state index is 5.53. The Morgan fingerprint density at radius 3 is 2.60 bits per heavy atom. The van der Waals surface area contributed by atoms with Crippen LogP contribution in [0.15, 0.2) is 18.2 Å². The molecule has 2 saturated carbocycles. The number of ether oxygens (including phenoxy) is 1. The van der Waals surface area contributed by atoms with Crippen molar-refractivity contribution in [1.29, 1.82) is 0 Å². The summed E-state index contributed by atoms with van der Waals surface area (Å²) in [6.45, 7) is 1.08. The molecule has 0 aliphatic heterocycles. The van der Waals surface area contributed by atoms with Gasteiger partial charge in [0.1, 0.15) is 5.75 Å². The fraction of sp³-hybridized carbons (Fsp3) is 0.562. The molecule has 4 heteroatoms. The van der Waals surface area contributed by atoms with Gasteiger partial charge in [-0.25, -0.2) is 0 Å². The molecule has 3 nitrogen and oxygen atoms in total. The predicted octanol–water partition coefficient (Wildman–Crippen LogP) is 4.14. The van der Waals surface area contributed by atoms with E-state index in [0.717, 1.165) is 40.3 Å². The number of nitrogens with one attached hydrogen (secondary N) is 1. The van der Waals surface area contributed by atoms with Crippen molar-refractivity contribution in [2.75, 3.05) is 7.11 Å². The zero-order chi connectivity index (χ0) is 13.7. The Balaban J connectivity index is 1.71. The quantitative estimate of drug-likeness (QED) is 0.838. The van der Waals surface area contributed by atoms with E-state index < -0.39 is 0 Å². The molecule has 2 fully saturated rings. The van der Waals surface area contributed by atoms with Crippen LogP contribution in [0.2, 0.25) is 0 Å². The fourth-order valence-electron chi connectivity index (χ4n) is 3.39. The molecule has 0 saturated heterocycles. The second kappa shape index (κ2) is 4.62. The van der Waals surface area contributed by atoms with Gasteiger partial charge < -0.3 is 14.3 Å². The number of nitrogens with zero attached hydrogens (tertiary/aromatic N) is 1. The van der Waals surface area contributed by atoms with Crippen molar-refractivity contribution in [3.05, 3.63) is 23.0 Å². The van der Waals surface area contributed by atoms with Crippen LogP contribution >= 0.6 is 12.2 Å². The molecule has 20 heavy (non-hydrogen) atoms. The first-order chi connectivity index (χ1) is 9.76. The van der Waals surface area contributed by atoms with Crippen molar-refractivity contribution in [3.63, 3.8) is 0 Å². The van der Waals surface area contributed by atoms with Crippen molar-refractivity contribution in [2.45, 2.75) is 32.2 Å². The molecule has 0 unspecified atom stereocenters. The van der Waals surface area contributed by atoms with E-state index in [2.05, 4.69) is 15.6 Å². The van der Waals surface area contributed by atoms with E-state index in [1.807, 2.05) is 12.1 Å². The molecule has 2 aliphatic carbocycles. The largest absolute Gasteiger partial charge is 0.497 e. The highest BCUT2D eigenvalue weighted by Gasteiger charge is 2.41. The van der Waals surface area contributed by atoms with Crippen LogP contribution in [0.3, 0.4) is 0 Å². The maximum atomic E-state index is 5.53. The van der Waals surface area contributed by atoms with Crippen LogP contribution in [0.1, 0.15) is 25.7 Å². The third-order valence-electron chi connectivity index (χ3n) is 4.83. The minimum Gasteiger partial charge on any atom is -0.497 e. The van der Waals surface area contributed by atoms with E-state index in [4.69, 9.17) is 17.0 Å². The lowest BCUT2D eigenvalue weighted by Gasteiger charge is -2.16. The Morgan fingerprint density at radius 2 is 2.00 bits per heavy atom. The van der Waals surface area contributed by atoms with Gasteiger partial charge >= 0.3 is 0 Å². The summed E-state index contributed by atoms with van der Waals surface area (Å²) in [6, 6.07) is 6.17. The van der Waals surface area contributed by atoms with Crippen LogP contribution in [0.5, 0.6) is 5.75 Å². The summed E-state index contributed by atoms with van der Waals surface area (Å²) in [5.41, 5.74) is 2.29. The Labute approximate surface area is 123 Å². The first-order valence-electron chi connectivity index (χ1n) is 7.53. The standard InChI is InChI=1S/C16H20N2OS/c1-19-12-6-7-15-14(8-12)17-16(20)18(15)9-13(10-2-3-10)11-4-5-11/h6-8,10-11,13H,2-5,9H2,1H3,(H,17,20). The molecule has 1 heterocycles. The number of H-pyrrole nitrogens is 1. The summed E-state index contributed by atoms with van der Waals surface area (Å²) in [7, 11) is 1.70. The summed E-state index contributed by atoms with van der Waals surface area (Å²) in [4.78, 5) is 3.32. The van der Waals surface area contributed by atoms with Gasteiger partial charge in [-0.2, -0.15) is 0 Å². The first kappa shape index (κ1) is 12.5. The number of rotatable bonds is 5. The van der Waals surface area contributed by atoms with Gasteiger partial charge in [-0.05, 0) is 67.8 Å². The minimum absolute atomic E-state index is 0.836.